The first-order valence-electron chi connectivity index (χ1n) is 3.73. The minimum Gasteiger partial charge on any atom is -0.399 e. The van der Waals surface area contributed by atoms with Crippen molar-refractivity contribution in [2.45, 2.75) is 19.9 Å². The number of hydrogen-bond donors (Lipinski definition) is 2. The van der Waals surface area contributed by atoms with Crippen molar-refractivity contribution in [2.75, 3.05) is 5.73 Å². The second kappa shape index (κ2) is 2.93. The number of nitrogens with two attached hydrogens (primary N) is 2. The number of anilines is 1. The Balaban J connectivity index is 3.05. The van der Waals surface area contributed by atoms with E-state index in [-0.39, 0.29) is 6.04 Å². The lowest BCUT2D eigenvalue weighted by molar-refractivity contribution is 0.817. The van der Waals surface area contributed by atoms with Crippen LogP contribution in [-0.4, -0.2) is 0 Å². The summed E-state index contributed by atoms with van der Waals surface area (Å²) in [6.45, 7) is 3.95. The second-order valence-electron chi connectivity index (χ2n) is 2.90. The monoisotopic (exact) mass is 150 g/mol. The number of benzene rings is 1. The van der Waals surface area contributed by atoms with Gasteiger partial charge in [0.1, 0.15) is 0 Å². The molecule has 1 aromatic carbocycles. The molecule has 0 bridgehead atoms. The molecule has 0 radical (unpaired) electrons. The van der Waals surface area contributed by atoms with Gasteiger partial charge in [-0.25, -0.2) is 0 Å². The fraction of sp³-hybridized carbons (Fsp3) is 0.333. The molecule has 1 aromatic rings. The van der Waals surface area contributed by atoms with Crippen LogP contribution in [0.4, 0.5) is 5.69 Å². The first kappa shape index (κ1) is 8.08. The molecule has 0 fully saturated rings. The number of nitrogen functional groups attached to an aromatic ring is 1. The predicted molar refractivity (Wildman–Crippen MR) is 48.2 cm³/mol. The summed E-state index contributed by atoms with van der Waals surface area (Å²) >= 11 is 0. The molecule has 2 heteroatoms. The van der Waals surface area contributed by atoms with Crippen LogP contribution in [0.3, 0.4) is 0 Å². The molecule has 60 valence electrons. The zero-order chi connectivity index (χ0) is 8.43. The van der Waals surface area contributed by atoms with Crippen molar-refractivity contribution in [3.63, 3.8) is 0 Å². The summed E-state index contributed by atoms with van der Waals surface area (Å²) in [6.07, 6.45) is 0. The van der Waals surface area contributed by atoms with Gasteiger partial charge in [-0.05, 0) is 31.0 Å². The summed E-state index contributed by atoms with van der Waals surface area (Å²) < 4.78 is 0. The van der Waals surface area contributed by atoms with Crippen molar-refractivity contribution in [1.82, 2.24) is 0 Å². The van der Waals surface area contributed by atoms with Crippen molar-refractivity contribution in [2.24, 2.45) is 5.73 Å². The fourth-order valence-electron chi connectivity index (χ4n) is 0.982. The molecule has 0 saturated heterocycles. The van der Waals surface area contributed by atoms with E-state index >= 15 is 0 Å². The second-order valence-corrected chi connectivity index (χ2v) is 2.90. The van der Waals surface area contributed by atoms with E-state index in [0.717, 1.165) is 16.8 Å². The van der Waals surface area contributed by atoms with Crippen molar-refractivity contribution in [3.05, 3.63) is 29.3 Å². The highest BCUT2D eigenvalue weighted by atomic mass is 14.6. The first-order valence-corrected chi connectivity index (χ1v) is 3.73. The quantitative estimate of drug-likeness (QED) is 0.597. The molecule has 0 aliphatic heterocycles. The van der Waals surface area contributed by atoms with Crippen molar-refractivity contribution >= 4 is 5.69 Å². The molecule has 11 heavy (non-hydrogen) atoms. The van der Waals surface area contributed by atoms with Crippen LogP contribution in [0.2, 0.25) is 0 Å². The standard InChI is InChI=1S/C9H14N2/c1-6-5-8(7(2)10)3-4-9(6)11/h3-5,7H,10-11H2,1-2H3. The topological polar surface area (TPSA) is 52.0 Å². The molecule has 1 atom stereocenters. The Morgan fingerprint density at radius 2 is 2.00 bits per heavy atom. The van der Waals surface area contributed by atoms with Crippen LogP contribution < -0.4 is 11.5 Å². The van der Waals surface area contributed by atoms with Gasteiger partial charge in [0.25, 0.3) is 0 Å². The molecule has 0 spiro atoms. The Morgan fingerprint density at radius 1 is 1.36 bits per heavy atom. The van der Waals surface area contributed by atoms with E-state index in [1.165, 1.54) is 0 Å². The normalized spacial score (nSPS) is 13.0. The minimum atomic E-state index is 0.0919. The third-order valence-electron chi connectivity index (χ3n) is 1.82. The van der Waals surface area contributed by atoms with Crippen LogP contribution in [0.15, 0.2) is 18.2 Å². The molecule has 4 N–H and O–H groups in total. The molecular weight excluding hydrogens is 136 g/mol. The third kappa shape index (κ3) is 1.71. The van der Waals surface area contributed by atoms with Gasteiger partial charge < -0.3 is 11.5 Å². The lowest BCUT2D eigenvalue weighted by atomic mass is 10.1. The Hall–Kier alpha value is -1.02. The molecule has 0 aliphatic rings. The van der Waals surface area contributed by atoms with E-state index in [4.69, 9.17) is 11.5 Å². The Kier molecular flexibility index (Phi) is 2.15. The number of rotatable bonds is 1. The van der Waals surface area contributed by atoms with Gasteiger partial charge in [0.05, 0.1) is 0 Å². The lowest BCUT2D eigenvalue weighted by Crippen LogP contribution is -2.05. The van der Waals surface area contributed by atoms with Gasteiger partial charge in [0.2, 0.25) is 0 Å². The van der Waals surface area contributed by atoms with Gasteiger partial charge >= 0.3 is 0 Å². The van der Waals surface area contributed by atoms with Gasteiger partial charge in [0.15, 0.2) is 0 Å². The van der Waals surface area contributed by atoms with E-state index < -0.39 is 0 Å². The molecule has 0 saturated carbocycles. The molecule has 2 nitrogen and oxygen atoms in total. The highest BCUT2D eigenvalue weighted by molar-refractivity contribution is 5.48. The Morgan fingerprint density at radius 3 is 2.45 bits per heavy atom. The minimum absolute atomic E-state index is 0.0919. The Bertz CT molecular complexity index is 254. The van der Waals surface area contributed by atoms with Crippen LogP contribution in [0.1, 0.15) is 24.1 Å². The summed E-state index contributed by atoms with van der Waals surface area (Å²) in [5.74, 6) is 0. The van der Waals surface area contributed by atoms with Gasteiger partial charge in [-0.2, -0.15) is 0 Å². The van der Waals surface area contributed by atoms with E-state index in [2.05, 4.69) is 0 Å². The number of aryl methyl sites for hydroxylation is 1. The van der Waals surface area contributed by atoms with Crippen LogP contribution in [0.5, 0.6) is 0 Å². The van der Waals surface area contributed by atoms with Crippen molar-refractivity contribution in [3.8, 4) is 0 Å². The van der Waals surface area contributed by atoms with Crippen LogP contribution in [-0.2, 0) is 0 Å². The molecule has 1 unspecified atom stereocenters. The SMILES string of the molecule is Cc1cc(C(C)N)ccc1N. The average molecular weight is 150 g/mol. The van der Waals surface area contributed by atoms with E-state index in [1.807, 2.05) is 32.0 Å². The van der Waals surface area contributed by atoms with E-state index in [0.29, 0.717) is 0 Å². The summed E-state index contributed by atoms with van der Waals surface area (Å²) in [5.41, 5.74) is 14.4. The maximum Gasteiger partial charge on any atom is 0.0343 e. The smallest absolute Gasteiger partial charge is 0.0343 e. The largest absolute Gasteiger partial charge is 0.399 e. The van der Waals surface area contributed by atoms with Crippen molar-refractivity contribution in [1.29, 1.82) is 0 Å². The highest BCUT2D eigenvalue weighted by Gasteiger charge is 1.99. The van der Waals surface area contributed by atoms with E-state index in [9.17, 15) is 0 Å². The zero-order valence-electron chi connectivity index (χ0n) is 6.96. The summed E-state index contributed by atoms with van der Waals surface area (Å²) in [7, 11) is 0. The lowest BCUT2D eigenvalue weighted by Gasteiger charge is -2.07. The van der Waals surface area contributed by atoms with Gasteiger partial charge in [0, 0.05) is 11.7 Å². The van der Waals surface area contributed by atoms with Crippen LogP contribution in [0, 0.1) is 6.92 Å². The van der Waals surface area contributed by atoms with Crippen molar-refractivity contribution < 1.29 is 0 Å². The molecular formula is C9H14N2. The predicted octanol–water partition coefficient (Wildman–Crippen LogP) is 1.60. The molecule has 0 heterocycles. The fourth-order valence-corrected chi connectivity index (χ4v) is 0.982. The molecule has 1 rings (SSSR count). The first-order chi connectivity index (χ1) is 5.11. The summed E-state index contributed by atoms with van der Waals surface area (Å²) in [4.78, 5) is 0. The maximum atomic E-state index is 5.69. The average Bonchev–Trinajstić information content (AvgIpc) is 1.94. The molecule has 0 aliphatic carbocycles. The summed E-state index contributed by atoms with van der Waals surface area (Å²) in [5, 5.41) is 0. The third-order valence-corrected chi connectivity index (χ3v) is 1.82. The Labute approximate surface area is 67.2 Å². The van der Waals surface area contributed by atoms with Gasteiger partial charge in [-0.15, -0.1) is 0 Å². The van der Waals surface area contributed by atoms with Crippen LogP contribution >= 0.6 is 0 Å². The summed E-state index contributed by atoms with van der Waals surface area (Å²) in [6, 6.07) is 5.98. The molecule has 0 aromatic heterocycles. The van der Waals surface area contributed by atoms with Crippen LogP contribution in [0.25, 0.3) is 0 Å². The van der Waals surface area contributed by atoms with Gasteiger partial charge in [-0.3, -0.25) is 0 Å². The van der Waals surface area contributed by atoms with Gasteiger partial charge in [-0.1, -0.05) is 12.1 Å². The zero-order valence-corrected chi connectivity index (χ0v) is 6.96. The number of hydrogen-bond acceptors (Lipinski definition) is 2. The van der Waals surface area contributed by atoms with E-state index in [1.54, 1.807) is 0 Å². The maximum absolute atomic E-state index is 5.69. The molecule has 0 amide bonds. The highest BCUT2D eigenvalue weighted by Crippen LogP contribution is 2.16.